The predicted octanol–water partition coefficient (Wildman–Crippen LogP) is 10.7. The molecule has 3 heterocycles. The summed E-state index contributed by atoms with van der Waals surface area (Å²) in [4.78, 5) is 61.5. The first kappa shape index (κ1) is 50.1. The number of carbonyl (C=O) groups excluding carboxylic acids is 4. The van der Waals surface area contributed by atoms with Crippen LogP contribution in [0, 0.1) is 23.7 Å². The molecule has 0 saturated heterocycles. The first-order chi connectivity index (χ1) is 33.5. The summed E-state index contributed by atoms with van der Waals surface area (Å²) < 4.78 is 48.0. The molecule has 0 aromatic heterocycles. The van der Waals surface area contributed by atoms with E-state index in [-0.39, 0.29) is 65.8 Å². The van der Waals surface area contributed by atoms with Gasteiger partial charge in [0.2, 0.25) is 0 Å². The average molecular weight is 978 g/mol. The summed E-state index contributed by atoms with van der Waals surface area (Å²) in [5, 5.41) is -0.158. The maximum absolute atomic E-state index is 14.6. The van der Waals surface area contributed by atoms with Crippen molar-refractivity contribution in [2.75, 3.05) is 64.1 Å². The second-order valence-corrected chi connectivity index (χ2v) is 24.9. The van der Waals surface area contributed by atoms with E-state index in [2.05, 4.69) is 47.0 Å². The van der Waals surface area contributed by atoms with Crippen molar-refractivity contribution in [2.45, 2.75) is 89.7 Å². The van der Waals surface area contributed by atoms with Crippen molar-refractivity contribution in [1.82, 2.24) is 4.90 Å². The molecule has 16 heteroatoms. The number of amides is 3. The smallest absolute Gasteiger partial charge is 0.416 e. The molecule has 8 rings (SSSR count). The fourth-order valence-electron chi connectivity index (χ4n) is 10.1. The quantitative estimate of drug-likeness (QED) is 0.0677. The molecule has 2 saturated carbocycles. The highest BCUT2D eigenvalue weighted by molar-refractivity contribution is 6.74. The lowest BCUT2D eigenvalue weighted by atomic mass is 9.84. The average Bonchev–Trinajstić information content (AvgIpc) is 3.87. The number of fused-ring (bicyclic) bond motifs is 6. The molecule has 6 atom stereocenters. The summed E-state index contributed by atoms with van der Waals surface area (Å²) in [6, 6.07) is 14.0. The largest absolute Gasteiger partial charge is 0.497 e. The van der Waals surface area contributed by atoms with Gasteiger partial charge < -0.3 is 42.5 Å². The minimum absolute atomic E-state index is 0.000433. The Hall–Kier alpha value is -6.26. The normalized spacial score (nSPS) is 22.2. The SMILES string of the molecule is C=CCOC(=O)N1C[C@@H]2CC(c3ccc(OC)cc3)=CN2C(=O)c2cc(OC)c(OCCCCCOc3cc4c(cc3OC)C(=O)C3[C@@H](C[C@@H]5C[C@H]35)C(O[Si](C)(C)C(C)(C)C)N4C(=O)OCC=C)cc21. The first-order valence-electron chi connectivity index (χ1n) is 24.3. The van der Waals surface area contributed by atoms with Gasteiger partial charge in [0, 0.05) is 35.7 Å². The van der Waals surface area contributed by atoms with Crippen molar-refractivity contribution < 1.29 is 56.8 Å². The molecule has 0 N–H and O–H groups in total. The molecule has 2 aliphatic carbocycles. The number of Topliss-reactive ketones (excluding diaryl/α,β-unsaturated/α-hetero) is 1. The number of hydrogen-bond acceptors (Lipinski definition) is 12. The highest BCUT2D eigenvalue weighted by Gasteiger charge is 2.62. The first-order valence-corrected chi connectivity index (χ1v) is 27.2. The molecule has 3 aromatic rings. The Morgan fingerprint density at radius 2 is 1.36 bits per heavy atom. The second kappa shape index (κ2) is 20.6. The molecule has 5 aliphatic rings. The maximum atomic E-state index is 14.6. The van der Waals surface area contributed by atoms with Crippen LogP contribution in [0.2, 0.25) is 18.1 Å². The van der Waals surface area contributed by atoms with E-state index in [1.54, 1.807) is 41.2 Å². The van der Waals surface area contributed by atoms with Crippen LogP contribution in [-0.4, -0.2) is 104 Å². The molecule has 3 aromatic carbocycles. The van der Waals surface area contributed by atoms with Crippen LogP contribution >= 0.6 is 0 Å². The van der Waals surface area contributed by atoms with Gasteiger partial charge in [-0.2, -0.15) is 0 Å². The fraction of sp³-hybridized carbons (Fsp3) is 0.481. The van der Waals surface area contributed by atoms with Gasteiger partial charge >= 0.3 is 12.2 Å². The summed E-state index contributed by atoms with van der Waals surface area (Å²) in [7, 11) is 2.18. The van der Waals surface area contributed by atoms with Crippen LogP contribution in [0.15, 0.2) is 80.0 Å². The van der Waals surface area contributed by atoms with Crippen LogP contribution in [0.1, 0.15) is 85.6 Å². The minimum atomic E-state index is -2.48. The number of methoxy groups -OCH3 is 3. The van der Waals surface area contributed by atoms with Crippen molar-refractivity contribution in [3.63, 3.8) is 0 Å². The summed E-state index contributed by atoms with van der Waals surface area (Å²) in [6.45, 7) is 19.1. The Morgan fingerprint density at radius 3 is 1.96 bits per heavy atom. The van der Waals surface area contributed by atoms with Gasteiger partial charge in [-0.1, -0.05) is 58.2 Å². The van der Waals surface area contributed by atoms with E-state index in [1.807, 2.05) is 30.5 Å². The molecular weight excluding hydrogens is 911 g/mol. The zero-order valence-electron chi connectivity index (χ0n) is 41.7. The van der Waals surface area contributed by atoms with Gasteiger partial charge in [0.05, 0.1) is 64.1 Å². The van der Waals surface area contributed by atoms with Crippen LogP contribution in [0.3, 0.4) is 0 Å². The number of benzene rings is 3. The molecule has 3 aliphatic heterocycles. The van der Waals surface area contributed by atoms with E-state index in [1.165, 1.54) is 31.3 Å². The molecule has 2 fully saturated rings. The molecule has 2 unspecified atom stereocenters. The van der Waals surface area contributed by atoms with Crippen molar-refractivity contribution in [3.05, 3.63) is 96.7 Å². The molecule has 3 amide bonds. The number of carbonyl (C=O) groups is 4. The fourth-order valence-corrected chi connectivity index (χ4v) is 11.3. The van der Waals surface area contributed by atoms with Crippen LogP contribution < -0.4 is 33.5 Å². The topological polar surface area (TPSA) is 152 Å². The van der Waals surface area contributed by atoms with Gasteiger partial charge in [-0.05, 0) is 104 Å². The Labute approximate surface area is 412 Å². The van der Waals surface area contributed by atoms with Crippen LogP contribution in [0.25, 0.3) is 5.57 Å². The lowest BCUT2D eigenvalue weighted by molar-refractivity contribution is 0.0622. The van der Waals surface area contributed by atoms with Crippen LogP contribution in [-0.2, 0) is 13.9 Å². The lowest BCUT2D eigenvalue weighted by Crippen LogP contribution is -2.55. The van der Waals surface area contributed by atoms with Crippen molar-refractivity contribution >= 4 is 49.1 Å². The number of hydrogen-bond donors (Lipinski definition) is 0. The van der Waals surface area contributed by atoms with E-state index < -0.39 is 26.7 Å². The third-order valence-corrected chi connectivity index (χ3v) is 19.3. The summed E-state index contributed by atoms with van der Waals surface area (Å²) in [5.41, 5.74) is 3.33. The zero-order chi connectivity index (χ0) is 50.1. The summed E-state index contributed by atoms with van der Waals surface area (Å²) >= 11 is 0. The van der Waals surface area contributed by atoms with Crippen molar-refractivity contribution in [2.24, 2.45) is 23.7 Å². The van der Waals surface area contributed by atoms with E-state index in [0.717, 1.165) is 29.7 Å². The summed E-state index contributed by atoms with van der Waals surface area (Å²) in [6.07, 6.45) is 7.27. The third kappa shape index (κ3) is 9.89. The monoisotopic (exact) mass is 977 g/mol. The van der Waals surface area contributed by atoms with Crippen LogP contribution in [0.4, 0.5) is 21.0 Å². The number of rotatable bonds is 18. The minimum Gasteiger partial charge on any atom is -0.497 e. The van der Waals surface area contributed by atoms with Gasteiger partial charge in [0.15, 0.2) is 37.1 Å². The number of anilines is 2. The molecule has 0 spiro atoms. The third-order valence-electron chi connectivity index (χ3n) is 14.8. The van der Waals surface area contributed by atoms with E-state index >= 15 is 0 Å². The molecule has 0 bridgehead atoms. The highest BCUT2D eigenvalue weighted by atomic mass is 28.4. The van der Waals surface area contributed by atoms with Gasteiger partial charge in [0.1, 0.15) is 25.2 Å². The van der Waals surface area contributed by atoms with Gasteiger partial charge in [-0.25, -0.2) is 9.59 Å². The number of ketones is 1. The molecule has 0 radical (unpaired) electrons. The molecule has 15 nitrogen and oxygen atoms in total. The molecular formula is C54H67N3O12Si. The van der Waals surface area contributed by atoms with Gasteiger partial charge in [-0.3, -0.25) is 19.4 Å². The molecule has 70 heavy (non-hydrogen) atoms. The maximum Gasteiger partial charge on any atom is 0.416 e. The van der Waals surface area contributed by atoms with E-state index in [4.69, 9.17) is 37.6 Å². The predicted molar refractivity (Wildman–Crippen MR) is 269 cm³/mol. The molecule has 374 valence electrons. The van der Waals surface area contributed by atoms with Crippen molar-refractivity contribution in [1.29, 1.82) is 0 Å². The number of unbranched alkanes of at least 4 members (excludes halogenated alkanes) is 2. The standard InChI is InChI=1S/C54H67N3O12Si/c1-11-20-67-52(60)56-32-36-24-35(33-16-18-37(62-6)19-17-33)31-55(36)50(59)40-28-45(64-8)46(29-42(40)56)65-22-14-13-15-23-66-47-30-43-39(27-44(47)63-7)49(58)48-38-25-34(38)26-41(48)51(57(43)53(61)68-21-12-2)69-70(9,10)54(3,4)5/h11-12,16-19,27-31,34,36,38,41,48,51H,1-2,13-15,20-26,32H2,3-10H3/t34-,36-,38-,41+,48?,51?/m0/s1. The van der Waals surface area contributed by atoms with E-state index in [9.17, 15) is 19.2 Å². The number of ether oxygens (including phenoxy) is 7. The Kier molecular flexibility index (Phi) is 14.8. The Balaban J connectivity index is 0.969. The van der Waals surface area contributed by atoms with Gasteiger partial charge in [0.25, 0.3) is 5.91 Å². The second-order valence-electron chi connectivity index (χ2n) is 20.2. The zero-order valence-corrected chi connectivity index (χ0v) is 42.7. The highest BCUT2D eigenvalue weighted by Crippen LogP contribution is 2.62. The van der Waals surface area contributed by atoms with E-state index in [0.29, 0.717) is 84.8 Å². The van der Waals surface area contributed by atoms with Gasteiger partial charge in [-0.15, -0.1) is 0 Å². The summed E-state index contributed by atoms with van der Waals surface area (Å²) in [5.74, 6) is 2.18. The Bertz CT molecular complexity index is 2540. The number of nitrogens with zero attached hydrogens (tertiary/aromatic N) is 3. The van der Waals surface area contributed by atoms with Crippen LogP contribution in [0.5, 0.6) is 28.7 Å². The lowest BCUT2D eigenvalue weighted by Gasteiger charge is -2.44. The van der Waals surface area contributed by atoms with Crippen molar-refractivity contribution in [3.8, 4) is 28.7 Å². The Morgan fingerprint density at radius 1 is 0.757 bits per heavy atom.